The molecule has 0 aliphatic carbocycles. The number of carbonyl (C=O) groups excluding carboxylic acids is 1. The maximum absolute atomic E-state index is 11.3. The van der Waals surface area contributed by atoms with Gasteiger partial charge in [-0.1, -0.05) is 39.2 Å². The van der Waals surface area contributed by atoms with Crippen LogP contribution < -0.4 is 0 Å². The van der Waals surface area contributed by atoms with E-state index in [0.717, 1.165) is 32.1 Å². The van der Waals surface area contributed by atoms with Gasteiger partial charge in [0.1, 0.15) is 0 Å². The van der Waals surface area contributed by atoms with E-state index in [1.165, 1.54) is 5.57 Å². The summed E-state index contributed by atoms with van der Waals surface area (Å²) in [6.07, 6.45) is 8.00. The van der Waals surface area contributed by atoms with Crippen molar-refractivity contribution in [3.05, 3.63) is 11.6 Å². The molecule has 0 aromatic carbocycles. The van der Waals surface area contributed by atoms with Crippen molar-refractivity contribution in [1.29, 1.82) is 0 Å². The molecule has 0 saturated heterocycles. The maximum atomic E-state index is 11.3. The van der Waals surface area contributed by atoms with Gasteiger partial charge in [-0.2, -0.15) is 0 Å². The molecule has 0 bridgehead atoms. The normalized spacial score (nSPS) is 9.77. The Hall–Kier alpha value is -0.590. The Morgan fingerprint density at radius 2 is 1.38 bits per heavy atom. The van der Waals surface area contributed by atoms with Crippen LogP contribution in [0.4, 0.5) is 0 Å². The molecule has 1 nitrogen and oxygen atoms in total. The summed E-state index contributed by atoms with van der Waals surface area (Å²) in [5.41, 5.74) is 1.34. The summed E-state index contributed by atoms with van der Waals surface area (Å²) in [4.78, 5) is 11.3. The molecule has 76 valence electrons. The Balaban J connectivity index is 4.07. The molecular weight excluding hydrogens is 160 g/mol. The lowest BCUT2D eigenvalue weighted by Crippen LogP contribution is -1.94. The predicted molar refractivity (Wildman–Crippen MR) is 57.8 cm³/mol. The maximum Gasteiger partial charge on any atom is 0.155 e. The number of ketones is 1. The third kappa shape index (κ3) is 6.56. The summed E-state index contributed by atoms with van der Waals surface area (Å²) in [7, 11) is 0. The van der Waals surface area contributed by atoms with Crippen LogP contribution in [0, 0.1) is 0 Å². The molecule has 0 aliphatic heterocycles. The SMILES string of the molecule is CCCC(=O)C=C(CCC)CCC. The van der Waals surface area contributed by atoms with Gasteiger partial charge in [-0.25, -0.2) is 0 Å². The van der Waals surface area contributed by atoms with E-state index in [9.17, 15) is 4.79 Å². The third-order valence-electron chi connectivity index (χ3n) is 2.00. The van der Waals surface area contributed by atoms with Crippen LogP contribution in [0.25, 0.3) is 0 Å². The van der Waals surface area contributed by atoms with Crippen LogP contribution >= 0.6 is 0 Å². The van der Waals surface area contributed by atoms with Gasteiger partial charge < -0.3 is 0 Å². The third-order valence-corrected chi connectivity index (χ3v) is 2.00. The van der Waals surface area contributed by atoms with Gasteiger partial charge in [0.25, 0.3) is 0 Å². The highest BCUT2D eigenvalue weighted by Crippen LogP contribution is 2.12. The van der Waals surface area contributed by atoms with Crippen molar-refractivity contribution in [3.63, 3.8) is 0 Å². The molecule has 0 unspecified atom stereocenters. The fraction of sp³-hybridized carbons (Fsp3) is 0.750. The number of rotatable bonds is 7. The first-order chi connectivity index (χ1) is 6.24. The van der Waals surface area contributed by atoms with Gasteiger partial charge >= 0.3 is 0 Å². The minimum atomic E-state index is 0.305. The lowest BCUT2D eigenvalue weighted by Gasteiger charge is -2.03. The molecule has 0 N–H and O–H groups in total. The summed E-state index contributed by atoms with van der Waals surface area (Å²) in [6.45, 7) is 6.37. The highest BCUT2D eigenvalue weighted by atomic mass is 16.1. The zero-order valence-corrected chi connectivity index (χ0v) is 9.23. The highest BCUT2D eigenvalue weighted by molar-refractivity contribution is 5.90. The number of hydrogen-bond acceptors (Lipinski definition) is 1. The zero-order valence-electron chi connectivity index (χ0n) is 9.23. The van der Waals surface area contributed by atoms with Crippen LogP contribution in [0.2, 0.25) is 0 Å². The van der Waals surface area contributed by atoms with Crippen molar-refractivity contribution < 1.29 is 4.79 Å². The van der Waals surface area contributed by atoms with E-state index in [2.05, 4.69) is 13.8 Å². The smallest absolute Gasteiger partial charge is 0.155 e. The summed E-state index contributed by atoms with van der Waals surface area (Å²) in [5.74, 6) is 0.305. The van der Waals surface area contributed by atoms with E-state index >= 15 is 0 Å². The molecule has 1 heteroatoms. The minimum absolute atomic E-state index is 0.305. The van der Waals surface area contributed by atoms with Crippen molar-refractivity contribution in [2.24, 2.45) is 0 Å². The van der Waals surface area contributed by atoms with Gasteiger partial charge in [0.2, 0.25) is 0 Å². The number of hydrogen-bond donors (Lipinski definition) is 0. The Bertz CT molecular complexity index is 160. The predicted octanol–water partition coefficient (Wildman–Crippen LogP) is 3.88. The average Bonchev–Trinajstić information content (AvgIpc) is 2.05. The van der Waals surface area contributed by atoms with Crippen LogP contribution in [-0.4, -0.2) is 5.78 Å². The minimum Gasteiger partial charge on any atom is -0.295 e. The van der Waals surface area contributed by atoms with Gasteiger partial charge in [0, 0.05) is 6.42 Å². The fourth-order valence-electron chi connectivity index (χ4n) is 1.46. The van der Waals surface area contributed by atoms with E-state index in [1.54, 1.807) is 0 Å². The molecule has 0 aliphatic rings. The second-order valence-electron chi connectivity index (χ2n) is 3.52. The molecule has 13 heavy (non-hydrogen) atoms. The molecule has 0 aromatic heterocycles. The van der Waals surface area contributed by atoms with Crippen LogP contribution in [0.3, 0.4) is 0 Å². The molecule has 0 radical (unpaired) electrons. The summed E-state index contributed by atoms with van der Waals surface area (Å²) in [6, 6.07) is 0. The van der Waals surface area contributed by atoms with E-state index in [1.807, 2.05) is 13.0 Å². The first-order valence-corrected chi connectivity index (χ1v) is 5.46. The van der Waals surface area contributed by atoms with Gasteiger partial charge in [0.05, 0.1) is 0 Å². The Kier molecular flexibility index (Phi) is 7.66. The summed E-state index contributed by atoms with van der Waals surface area (Å²) in [5, 5.41) is 0. The van der Waals surface area contributed by atoms with E-state index in [-0.39, 0.29) is 0 Å². The van der Waals surface area contributed by atoms with Gasteiger partial charge in [-0.15, -0.1) is 0 Å². The number of carbonyl (C=O) groups is 1. The number of allylic oxidation sites excluding steroid dienone is 2. The molecule has 0 spiro atoms. The molecule has 0 heterocycles. The standard InChI is InChI=1S/C12H22O/c1-4-7-11(8-5-2)10-12(13)9-6-3/h10H,4-9H2,1-3H3. The lowest BCUT2D eigenvalue weighted by atomic mass is 10.0. The van der Waals surface area contributed by atoms with Gasteiger partial charge in [0.15, 0.2) is 5.78 Å². The zero-order chi connectivity index (χ0) is 10.1. The Labute approximate surface area is 82.2 Å². The van der Waals surface area contributed by atoms with Crippen molar-refractivity contribution in [1.82, 2.24) is 0 Å². The van der Waals surface area contributed by atoms with Crippen LogP contribution in [0.5, 0.6) is 0 Å². The Morgan fingerprint density at radius 3 is 1.77 bits per heavy atom. The molecule has 0 saturated carbocycles. The topological polar surface area (TPSA) is 17.1 Å². The van der Waals surface area contributed by atoms with E-state index < -0.39 is 0 Å². The van der Waals surface area contributed by atoms with Crippen LogP contribution in [0.1, 0.15) is 59.3 Å². The van der Waals surface area contributed by atoms with Crippen molar-refractivity contribution in [3.8, 4) is 0 Å². The van der Waals surface area contributed by atoms with Crippen molar-refractivity contribution >= 4 is 5.78 Å². The quantitative estimate of drug-likeness (QED) is 0.546. The van der Waals surface area contributed by atoms with Crippen molar-refractivity contribution in [2.75, 3.05) is 0 Å². The molecule has 0 aromatic rings. The highest BCUT2D eigenvalue weighted by Gasteiger charge is 1.99. The monoisotopic (exact) mass is 182 g/mol. The van der Waals surface area contributed by atoms with Crippen LogP contribution in [0.15, 0.2) is 11.6 Å². The first-order valence-electron chi connectivity index (χ1n) is 5.46. The summed E-state index contributed by atoms with van der Waals surface area (Å²) >= 11 is 0. The lowest BCUT2D eigenvalue weighted by molar-refractivity contribution is -0.114. The van der Waals surface area contributed by atoms with Crippen LogP contribution in [-0.2, 0) is 4.79 Å². The summed E-state index contributed by atoms with van der Waals surface area (Å²) < 4.78 is 0. The molecule has 0 rings (SSSR count). The molecule has 0 atom stereocenters. The van der Waals surface area contributed by atoms with Gasteiger partial charge in [-0.3, -0.25) is 4.79 Å². The average molecular weight is 182 g/mol. The molecular formula is C12H22O. The van der Waals surface area contributed by atoms with Gasteiger partial charge in [-0.05, 0) is 25.3 Å². The Morgan fingerprint density at radius 1 is 0.923 bits per heavy atom. The van der Waals surface area contributed by atoms with Crippen molar-refractivity contribution in [2.45, 2.75) is 59.3 Å². The van der Waals surface area contributed by atoms with E-state index in [0.29, 0.717) is 12.2 Å². The fourth-order valence-corrected chi connectivity index (χ4v) is 1.46. The first kappa shape index (κ1) is 12.4. The molecule has 0 fully saturated rings. The second-order valence-corrected chi connectivity index (χ2v) is 3.52. The molecule has 0 amide bonds. The van der Waals surface area contributed by atoms with E-state index in [4.69, 9.17) is 0 Å². The largest absolute Gasteiger partial charge is 0.295 e. The second kappa shape index (κ2) is 8.03.